The molecule has 2 heterocycles. The molecule has 1 N–H and O–H groups in total. The highest BCUT2D eigenvalue weighted by Crippen LogP contribution is 2.21. The van der Waals surface area contributed by atoms with E-state index >= 15 is 0 Å². The molecule has 0 amide bonds. The Bertz CT molecular complexity index is 737. The number of nitrogens with zero attached hydrogens (tertiary/aromatic N) is 3. The standard InChI is InChI=1S/C15H20N4O3S/c1-2-23(20,21)19-10-8-13(9-11-19)16-15-17-14(22-18-15)12-6-4-3-5-7-12/h3-7,13H,2,8-11H2,1H3,(H,16,18). The lowest BCUT2D eigenvalue weighted by Gasteiger charge is -2.30. The minimum absolute atomic E-state index is 0.149. The molecule has 1 saturated heterocycles. The van der Waals surface area contributed by atoms with Gasteiger partial charge in [-0.2, -0.15) is 4.98 Å². The van der Waals surface area contributed by atoms with Crippen LogP contribution in [-0.2, 0) is 10.0 Å². The maximum atomic E-state index is 11.8. The number of sulfonamides is 1. The van der Waals surface area contributed by atoms with Gasteiger partial charge in [-0.25, -0.2) is 12.7 Å². The van der Waals surface area contributed by atoms with Crippen molar-refractivity contribution in [2.24, 2.45) is 0 Å². The monoisotopic (exact) mass is 336 g/mol. The highest BCUT2D eigenvalue weighted by Gasteiger charge is 2.27. The van der Waals surface area contributed by atoms with Gasteiger partial charge < -0.3 is 9.84 Å². The van der Waals surface area contributed by atoms with Crippen molar-refractivity contribution in [3.63, 3.8) is 0 Å². The third-order valence-corrected chi connectivity index (χ3v) is 5.87. The molecular formula is C15H20N4O3S. The molecule has 0 spiro atoms. The quantitative estimate of drug-likeness (QED) is 0.898. The molecule has 1 aliphatic rings. The highest BCUT2D eigenvalue weighted by atomic mass is 32.2. The normalized spacial score (nSPS) is 17.3. The summed E-state index contributed by atoms with van der Waals surface area (Å²) in [6.45, 7) is 2.72. The second kappa shape index (κ2) is 6.67. The predicted molar refractivity (Wildman–Crippen MR) is 87.4 cm³/mol. The summed E-state index contributed by atoms with van der Waals surface area (Å²) in [7, 11) is -3.09. The molecule has 2 aromatic rings. The second-order valence-electron chi connectivity index (χ2n) is 5.51. The Kier molecular flexibility index (Phi) is 4.63. The van der Waals surface area contributed by atoms with E-state index in [0.717, 1.165) is 18.4 Å². The minimum atomic E-state index is -3.09. The summed E-state index contributed by atoms with van der Waals surface area (Å²) < 4.78 is 30.5. The van der Waals surface area contributed by atoms with Gasteiger partial charge in [0.1, 0.15) is 0 Å². The van der Waals surface area contributed by atoms with Gasteiger partial charge in [-0.05, 0) is 37.1 Å². The van der Waals surface area contributed by atoms with Gasteiger partial charge in [0, 0.05) is 24.7 Å². The Labute approximate surface area is 135 Å². The summed E-state index contributed by atoms with van der Waals surface area (Å²) in [4.78, 5) is 4.34. The van der Waals surface area contributed by atoms with Crippen molar-refractivity contribution in [2.45, 2.75) is 25.8 Å². The van der Waals surface area contributed by atoms with Crippen molar-refractivity contribution in [1.82, 2.24) is 14.4 Å². The van der Waals surface area contributed by atoms with Gasteiger partial charge in [0.2, 0.25) is 10.0 Å². The second-order valence-corrected chi connectivity index (χ2v) is 7.76. The molecule has 3 rings (SSSR count). The van der Waals surface area contributed by atoms with E-state index in [4.69, 9.17) is 4.52 Å². The molecule has 23 heavy (non-hydrogen) atoms. The maximum Gasteiger partial charge on any atom is 0.263 e. The summed E-state index contributed by atoms with van der Waals surface area (Å²) in [6.07, 6.45) is 1.46. The van der Waals surface area contributed by atoms with E-state index < -0.39 is 10.0 Å². The first kappa shape index (κ1) is 15.9. The smallest absolute Gasteiger partial charge is 0.263 e. The van der Waals surface area contributed by atoms with Crippen LogP contribution < -0.4 is 5.32 Å². The Morgan fingerprint density at radius 3 is 2.61 bits per heavy atom. The summed E-state index contributed by atoms with van der Waals surface area (Å²) >= 11 is 0. The van der Waals surface area contributed by atoms with E-state index in [9.17, 15) is 8.42 Å². The van der Waals surface area contributed by atoms with Gasteiger partial charge in [-0.1, -0.05) is 18.2 Å². The zero-order valence-corrected chi connectivity index (χ0v) is 13.8. The lowest BCUT2D eigenvalue weighted by atomic mass is 10.1. The fourth-order valence-electron chi connectivity index (χ4n) is 2.62. The molecule has 0 atom stereocenters. The van der Waals surface area contributed by atoms with Crippen molar-refractivity contribution < 1.29 is 12.9 Å². The summed E-state index contributed by atoms with van der Waals surface area (Å²) in [5.74, 6) is 1.07. The first-order chi connectivity index (χ1) is 11.1. The Balaban J connectivity index is 1.59. The molecule has 1 aliphatic heterocycles. The highest BCUT2D eigenvalue weighted by molar-refractivity contribution is 7.89. The van der Waals surface area contributed by atoms with Gasteiger partial charge in [-0.15, -0.1) is 0 Å². The number of hydrogen-bond donors (Lipinski definition) is 1. The number of piperidine rings is 1. The summed E-state index contributed by atoms with van der Waals surface area (Å²) in [5, 5.41) is 7.17. The van der Waals surface area contributed by atoms with E-state index in [2.05, 4.69) is 15.5 Å². The van der Waals surface area contributed by atoms with E-state index in [1.165, 1.54) is 0 Å². The largest absolute Gasteiger partial charge is 0.349 e. The Morgan fingerprint density at radius 2 is 1.96 bits per heavy atom. The van der Waals surface area contributed by atoms with Crippen LogP contribution in [0.15, 0.2) is 34.9 Å². The van der Waals surface area contributed by atoms with Crippen LogP contribution in [0.5, 0.6) is 0 Å². The summed E-state index contributed by atoms with van der Waals surface area (Å²) in [5.41, 5.74) is 0.872. The van der Waals surface area contributed by atoms with E-state index in [1.54, 1.807) is 11.2 Å². The SMILES string of the molecule is CCS(=O)(=O)N1CCC(Nc2noc(-c3ccccc3)n2)CC1. The van der Waals surface area contributed by atoms with Gasteiger partial charge in [0.15, 0.2) is 0 Å². The van der Waals surface area contributed by atoms with E-state index in [1.807, 2.05) is 30.3 Å². The first-order valence-electron chi connectivity index (χ1n) is 7.72. The van der Waals surface area contributed by atoms with Gasteiger partial charge in [-0.3, -0.25) is 0 Å². The Morgan fingerprint density at radius 1 is 1.26 bits per heavy atom. The van der Waals surface area contributed by atoms with Crippen LogP contribution >= 0.6 is 0 Å². The predicted octanol–water partition coefficient (Wildman–Crippen LogP) is 1.96. The van der Waals surface area contributed by atoms with Crippen molar-refractivity contribution in [2.75, 3.05) is 24.2 Å². The molecule has 1 aromatic carbocycles. The van der Waals surface area contributed by atoms with Crippen molar-refractivity contribution in [1.29, 1.82) is 0 Å². The molecule has 0 radical (unpaired) electrons. The molecule has 0 bridgehead atoms. The number of aromatic nitrogens is 2. The molecule has 0 saturated carbocycles. The van der Waals surface area contributed by atoms with Crippen LogP contribution in [0.3, 0.4) is 0 Å². The molecule has 8 heteroatoms. The van der Waals surface area contributed by atoms with Gasteiger partial charge in [0.25, 0.3) is 11.8 Å². The van der Waals surface area contributed by atoms with Crippen molar-refractivity contribution in [3.05, 3.63) is 30.3 Å². The van der Waals surface area contributed by atoms with Gasteiger partial charge in [0.05, 0.1) is 5.75 Å². The molecule has 1 aromatic heterocycles. The molecule has 124 valence electrons. The van der Waals surface area contributed by atoms with Gasteiger partial charge >= 0.3 is 0 Å². The lowest BCUT2D eigenvalue weighted by Crippen LogP contribution is -2.43. The zero-order valence-electron chi connectivity index (χ0n) is 13.0. The van der Waals surface area contributed by atoms with E-state index in [0.29, 0.717) is 24.9 Å². The third-order valence-electron chi connectivity index (χ3n) is 3.99. The molecule has 7 nitrogen and oxygen atoms in total. The lowest BCUT2D eigenvalue weighted by molar-refractivity contribution is 0.329. The van der Waals surface area contributed by atoms with E-state index in [-0.39, 0.29) is 11.8 Å². The Hall–Kier alpha value is -1.93. The average Bonchev–Trinajstić information content (AvgIpc) is 3.05. The fourth-order valence-corrected chi connectivity index (χ4v) is 3.76. The molecule has 0 unspecified atom stereocenters. The zero-order chi connectivity index (χ0) is 16.3. The van der Waals surface area contributed by atoms with Crippen LogP contribution in [0.2, 0.25) is 0 Å². The number of hydrogen-bond acceptors (Lipinski definition) is 6. The van der Waals surface area contributed by atoms with Crippen molar-refractivity contribution >= 4 is 16.0 Å². The third kappa shape index (κ3) is 3.70. The topological polar surface area (TPSA) is 88.3 Å². The number of rotatable bonds is 5. The fraction of sp³-hybridized carbons (Fsp3) is 0.467. The molecular weight excluding hydrogens is 316 g/mol. The van der Waals surface area contributed by atoms with Crippen molar-refractivity contribution in [3.8, 4) is 11.5 Å². The number of nitrogens with one attached hydrogen (secondary N) is 1. The number of benzene rings is 1. The summed E-state index contributed by atoms with van der Waals surface area (Å²) in [6, 6.07) is 9.72. The van der Waals surface area contributed by atoms with Crippen LogP contribution in [-0.4, -0.2) is 47.7 Å². The van der Waals surface area contributed by atoms with Crippen LogP contribution in [0, 0.1) is 0 Å². The minimum Gasteiger partial charge on any atom is -0.349 e. The molecule has 0 aliphatic carbocycles. The maximum absolute atomic E-state index is 11.8. The first-order valence-corrected chi connectivity index (χ1v) is 9.33. The van der Waals surface area contributed by atoms with Crippen LogP contribution in [0.4, 0.5) is 5.95 Å². The van der Waals surface area contributed by atoms with Crippen LogP contribution in [0.1, 0.15) is 19.8 Å². The van der Waals surface area contributed by atoms with Crippen LogP contribution in [0.25, 0.3) is 11.5 Å². The number of anilines is 1. The average molecular weight is 336 g/mol. The molecule has 1 fully saturated rings.